The summed E-state index contributed by atoms with van der Waals surface area (Å²) in [7, 11) is 0. The molecule has 0 radical (unpaired) electrons. The van der Waals surface area contributed by atoms with Crippen molar-refractivity contribution < 1.29 is 19.4 Å². The molecule has 1 atom stereocenters. The molecule has 0 aromatic carbocycles. The van der Waals surface area contributed by atoms with Gasteiger partial charge in [0, 0.05) is 44.0 Å². The molecule has 0 aliphatic carbocycles. The lowest BCUT2D eigenvalue weighted by atomic mass is 9.98. The van der Waals surface area contributed by atoms with Crippen LogP contribution in [0.2, 0.25) is 0 Å². The highest BCUT2D eigenvalue weighted by atomic mass is 32.1. The molecule has 0 spiro atoms. The molecule has 172 valence electrons. The number of fused-ring (bicyclic) bond motifs is 1. The highest BCUT2D eigenvalue weighted by Crippen LogP contribution is 2.26. The number of nitrogens with one attached hydrogen (secondary N) is 1. The average Bonchev–Trinajstić information content (AvgIpc) is 3.32. The summed E-state index contributed by atoms with van der Waals surface area (Å²) in [5, 5.41) is 13.0. The van der Waals surface area contributed by atoms with E-state index in [1.165, 1.54) is 17.1 Å². The van der Waals surface area contributed by atoms with Gasteiger partial charge < -0.3 is 20.1 Å². The van der Waals surface area contributed by atoms with Crippen molar-refractivity contribution in [3.05, 3.63) is 40.4 Å². The van der Waals surface area contributed by atoms with Crippen LogP contribution >= 0.6 is 11.5 Å². The molecule has 11 nitrogen and oxygen atoms in total. The molecule has 2 aliphatic rings. The molecule has 3 aromatic heterocycles. The molecule has 33 heavy (non-hydrogen) atoms. The van der Waals surface area contributed by atoms with Gasteiger partial charge in [0.2, 0.25) is 16.5 Å². The van der Waals surface area contributed by atoms with Crippen LogP contribution < -0.4 is 15.6 Å². The Balaban J connectivity index is 1.34. The minimum Gasteiger partial charge on any atom is -0.477 e. The first-order chi connectivity index (χ1) is 16.0. The number of carboxylic acids is 1. The number of ether oxygens (including phenoxy) is 1. The molecule has 5 rings (SSSR count). The number of anilines is 1. The van der Waals surface area contributed by atoms with E-state index in [2.05, 4.69) is 19.7 Å². The number of hydrogen-bond acceptors (Lipinski definition) is 9. The van der Waals surface area contributed by atoms with Crippen LogP contribution in [0.4, 0.5) is 5.82 Å². The average molecular weight is 471 g/mol. The summed E-state index contributed by atoms with van der Waals surface area (Å²) in [5.74, 6) is -0.869. The molecule has 2 aliphatic heterocycles. The topological polar surface area (TPSA) is 140 Å². The van der Waals surface area contributed by atoms with E-state index in [9.17, 15) is 19.5 Å². The number of nitrogens with zero attached hydrogens (tertiary/aromatic N) is 5. The van der Waals surface area contributed by atoms with Crippen LogP contribution in [0.1, 0.15) is 29.6 Å². The first-order valence-electron chi connectivity index (χ1n) is 10.7. The SMILES string of the molecule is O=C(O)c1cn(-c2ncns2)c2nc(N3CC(C(=O)NCC4CCCCO4)C3)ccc2c1=O. The minimum absolute atomic E-state index is 0.00178. The van der Waals surface area contributed by atoms with Crippen molar-refractivity contribution in [2.75, 3.05) is 31.1 Å². The van der Waals surface area contributed by atoms with Crippen LogP contribution in [-0.2, 0) is 9.53 Å². The number of carboxylic acid groups (broad SMARTS) is 1. The molecule has 0 saturated carbocycles. The van der Waals surface area contributed by atoms with Gasteiger partial charge in [0.05, 0.1) is 17.4 Å². The zero-order chi connectivity index (χ0) is 22.9. The first kappa shape index (κ1) is 21.5. The Morgan fingerprint density at radius 3 is 2.82 bits per heavy atom. The van der Waals surface area contributed by atoms with Crippen LogP contribution in [0.3, 0.4) is 0 Å². The Kier molecular flexibility index (Phi) is 5.77. The molecule has 2 saturated heterocycles. The van der Waals surface area contributed by atoms with Crippen molar-refractivity contribution in [1.29, 1.82) is 0 Å². The number of aromatic carboxylic acids is 1. The predicted molar refractivity (Wildman–Crippen MR) is 120 cm³/mol. The van der Waals surface area contributed by atoms with E-state index < -0.39 is 11.4 Å². The number of hydrogen-bond donors (Lipinski definition) is 2. The second kappa shape index (κ2) is 8.87. The third-order valence-electron chi connectivity index (χ3n) is 5.98. The summed E-state index contributed by atoms with van der Waals surface area (Å²) >= 11 is 1.06. The summed E-state index contributed by atoms with van der Waals surface area (Å²) in [6, 6.07) is 3.24. The lowest BCUT2D eigenvalue weighted by Crippen LogP contribution is -2.55. The van der Waals surface area contributed by atoms with E-state index in [1.807, 2.05) is 4.90 Å². The smallest absolute Gasteiger partial charge is 0.341 e. The molecule has 12 heteroatoms. The number of pyridine rings is 2. The van der Waals surface area contributed by atoms with Gasteiger partial charge >= 0.3 is 5.97 Å². The number of carbonyl (C=O) groups excluding carboxylic acids is 1. The molecule has 2 N–H and O–H groups in total. The van der Waals surface area contributed by atoms with Gasteiger partial charge in [-0.15, -0.1) is 0 Å². The van der Waals surface area contributed by atoms with Gasteiger partial charge in [-0.05, 0) is 31.4 Å². The van der Waals surface area contributed by atoms with Gasteiger partial charge in [-0.25, -0.2) is 14.8 Å². The predicted octanol–water partition coefficient (Wildman–Crippen LogP) is 1.06. The molecule has 0 bridgehead atoms. The molecule has 1 unspecified atom stereocenters. The van der Waals surface area contributed by atoms with Gasteiger partial charge in [0.1, 0.15) is 17.7 Å². The van der Waals surface area contributed by atoms with Crippen molar-refractivity contribution >= 4 is 40.3 Å². The monoisotopic (exact) mass is 470 g/mol. The lowest BCUT2D eigenvalue weighted by Gasteiger charge is -2.39. The maximum absolute atomic E-state index is 12.7. The molecule has 1 amide bonds. The van der Waals surface area contributed by atoms with E-state index in [1.54, 1.807) is 12.1 Å². The Hall–Kier alpha value is -3.38. The van der Waals surface area contributed by atoms with E-state index in [0.29, 0.717) is 36.2 Å². The van der Waals surface area contributed by atoms with Crippen molar-refractivity contribution in [2.24, 2.45) is 5.92 Å². The van der Waals surface area contributed by atoms with Crippen LogP contribution in [0.15, 0.2) is 29.5 Å². The van der Waals surface area contributed by atoms with Gasteiger partial charge in [0.25, 0.3) is 0 Å². The highest BCUT2D eigenvalue weighted by Gasteiger charge is 2.34. The number of rotatable bonds is 6. The third kappa shape index (κ3) is 4.18. The maximum atomic E-state index is 12.7. The van der Waals surface area contributed by atoms with Crippen molar-refractivity contribution in [1.82, 2.24) is 24.2 Å². The Bertz CT molecular complexity index is 1250. The van der Waals surface area contributed by atoms with Gasteiger partial charge in [-0.2, -0.15) is 4.37 Å². The Morgan fingerprint density at radius 2 is 2.12 bits per heavy atom. The summed E-state index contributed by atoms with van der Waals surface area (Å²) in [4.78, 5) is 47.4. The normalized spacial score (nSPS) is 18.8. The number of carbonyl (C=O) groups is 2. The fourth-order valence-electron chi connectivity index (χ4n) is 4.10. The summed E-state index contributed by atoms with van der Waals surface area (Å²) in [6.45, 7) is 2.29. The number of aromatic nitrogens is 4. The highest BCUT2D eigenvalue weighted by molar-refractivity contribution is 7.08. The zero-order valence-corrected chi connectivity index (χ0v) is 18.5. The second-order valence-corrected chi connectivity index (χ2v) is 8.91. The quantitative estimate of drug-likeness (QED) is 0.541. The molecular formula is C21H22N6O5S. The van der Waals surface area contributed by atoms with E-state index in [4.69, 9.17) is 4.74 Å². The van der Waals surface area contributed by atoms with Crippen molar-refractivity contribution in [3.63, 3.8) is 0 Å². The molecule has 3 aromatic rings. The van der Waals surface area contributed by atoms with Crippen LogP contribution in [0.5, 0.6) is 0 Å². The van der Waals surface area contributed by atoms with Crippen molar-refractivity contribution in [3.8, 4) is 5.13 Å². The van der Waals surface area contributed by atoms with Gasteiger partial charge in [-0.3, -0.25) is 14.2 Å². The Morgan fingerprint density at radius 1 is 1.27 bits per heavy atom. The maximum Gasteiger partial charge on any atom is 0.341 e. The molecular weight excluding hydrogens is 448 g/mol. The lowest BCUT2D eigenvalue weighted by molar-refractivity contribution is -0.126. The van der Waals surface area contributed by atoms with Gasteiger partial charge in [0.15, 0.2) is 5.65 Å². The zero-order valence-electron chi connectivity index (χ0n) is 17.6. The van der Waals surface area contributed by atoms with Crippen LogP contribution in [0.25, 0.3) is 16.2 Å². The third-order valence-corrected chi connectivity index (χ3v) is 6.64. The van der Waals surface area contributed by atoms with Crippen LogP contribution in [-0.4, -0.2) is 68.2 Å². The van der Waals surface area contributed by atoms with Gasteiger partial charge in [-0.1, -0.05) is 0 Å². The standard InChI is InChI=1S/C21H22N6O5S/c28-17-14-4-5-16(25-18(14)27(10-15(17)20(30)31)21-23-11-24-33-21)26-8-12(9-26)19(29)22-7-13-3-1-2-6-32-13/h4-5,10-13H,1-3,6-9H2,(H,22,29)(H,30,31). The molecule has 5 heterocycles. The van der Waals surface area contributed by atoms with E-state index in [-0.39, 0.29) is 28.9 Å². The largest absolute Gasteiger partial charge is 0.477 e. The Labute approximate surface area is 192 Å². The first-order valence-corrected chi connectivity index (χ1v) is 11.5. The van der Waals surface area contributed by atoms with E-state index >= 15 is 0 Å². The van der Waals surface area contributed by atoms with E-state index in [0.717, 1.165) is 37.4 Å². The van der Waals surface area contributed by atoms with Crippen LogP contribution in [0, 0.1) is 5.92 Å². The minimum atomic E-state index is -1.32. The summed E-state index contributed by atoms with van der Waals surface area (Å²) in [6.07, 6.45) is 5.84. The number of amides is 1. The molecule has 2 fully saturated rings. The second-order valence-electron chi connectivity index (χ2n) is 8.15. The van der Waals surface area contributed by atoms with Crippen molar-refractivity contribution in [2.45, 2.75) is 25.4 Å². The fraction of sp³-hybridized carbons (Fsp3) is 0.429. The summed E-state index contributed by atoms with van der Waals surface area (Å²) in [5.41, 5.74) is -0.681. The summed E-state index contributed by atoms with van der Waals surface area (Å²) < 4.78 is 11.1. The fourth-order valence-corrected chi connectivity index (χ4v) is 4.61.